The molecule has 0 spiro atoms. The molecule has 2 unspecified atom stereocenters. The third-order valence-electron chi connectivity index (χ3n) is 12.2. The molecule has 2 aliphatic heterocycles. The third-order valence-corrected chi connectivity index (χ3v) is 12.2. The first-order valence-corrected chi connectivity index (χ1v) is 20.2. The van der Waals surface area contributed by atoms with Crippen LogP contribution in [0, 0.1) is 18.8 Å². The van der Waals surface area contributed by atoms with Crippen LogP contribution < -0.4 is 26.0 Å². The van der Waals surface area contributed by atoms with Gasteiger partial charge in [-0.2, -0.15) is 0 Å². The van der Waals surface area contributed by atoms with Gasteiger partial charge in [-0.15, -0.1) is 0 Å². The highest BCUT2D eigenvalue weighted by Gasteiger charge is 2.43. The average molecular weight is 739 g/mol. The van der Waals surface area contributed by atoms with Gasteiger partial charge < -0.3 is 9.64 Å². The number of hydrogen-bond acceptors (Lipinski definition) is 2. The molecule has 2 heterocycles. The predicted octanol–water partition coefficient (Wildman–Crippen LogP) is 12.6. The minimum Gasteiger partial charge on any atom is -0.458 e. The summed E-state index contributed by atoms with van der Waals surface area (Å²) < 4.78 is 134. The summed E-state index contributed by atoms with van der Waals surface area (Å²) in [5, 5.41) is 0. The lowest BCUT2D eigenvalue weighted by atomic mass is 9.33. The topological polar surface area (TPSA) is 12.5 Å². The normalized spacial score (nSPS) is 23.7. The van der Waals surface area contributed by atoms with Crippen molar-refractivity contribution < 1.29 is 22.6 Å². The van der Waals surface area contributed by atoms with Gasteiger partial charge >= 0.3 is 0 Å². The number of hydrogen-bond donors (Lipinski definition) is 0. The molecule has 0 saturated heterocycles. The smallest absolute Gasteiger partial charge is 0.256 e. The molecule has 2 fully saturated rings. The summed E-state index contributed by atoms with van der Waals surface area (Å²) in [7, 11) is 0. The van der Waals surface area contributed by atoms with E-state index in [1.54, 1.807) is 12.1 Å². The molecule has 2 nitrogen and oxygen atoms in total. The molecule has 2 saturated carbocycles. The summed E-state index contributed by atoms with van der Waals surface area (Å²) in [5.41, 5.74) is -0.340. The van der Waals surface area contributed by atoms with E-state index in [9.17, 15) is 16.4 Å². The molecule has 4 aliphatic rings. The monoisotopic (exact) mass is 739 g/mol. The predicted molar refractivity (Wildman–Crippen MR) is 236 cm³/mol. The molecule has 0 radical (unpaired) electrons. The second kappa shape index (κ2) is 12.9. The van der Waals surface area contributed by atoms with Crippen LogP contribution in [-0.4, -0.2) is 6.71 Å². The third kappa shape index (κ3) is 6.35. The van der Waals surface area contributed by atoms with Gasteiger partial charge in [0.1, 0.15) is 11.5 Å². The van der Waals surface area contributed by atoms with E-state index in [1.165, 1.54) is 4.90 Å². The number of fused-ring (bicyclic) bond motifs is 5. The van der Waals surface area contributed by atoms with E-state index in [0.717, 1.165) is 38.5 Å². The Morgan fingerprint density at radius 3 is 1.80 bits per heavy atom. The van der Waals surface area contributed by atoms with Crippen molar-refractivity contribution in [2.45, 2.75) is 130 Å². The van der Waals surface area contributed by atoms with E-state index in [-0.39, 0.29) is 140 Å². The van der Waals surface area contributed by atoms with Crippen LogP contribution in [0.25, 0.3) is 11.1 Å². The lowest BCUT2D eigenvalue weighted by molar-refractivity contribution is 0.277. The van der Waals surface area contributed by atoms with Gasteiger partial charge in [0.2, 0.25) is 0 Å². The van der Waals surface area contributed by atoms with Crippen molar-refractivity contribution in [3.63, 3.8) is 0 Å². The molecule has 0 amide bonds. The highest BCUT2D eigenvalue weighted by atomic mass is 16.5. The number of nitrogens with zero attached hydrogens (tertiary/aromatic N) is 1. The number of benzene rings is 5. The van der Waals surface area contributed by atoms with Gasteiger partial charge in [0, 0.05) is 16.9 Å². The first kappa shape index (κ1) is 24.4. The number of rotatable bonds is 3. The van der Waals surface area contributed by atoms with Crippen LogP contribution in [0.15, 0.2) is 90.7 Å². The number of anilines is 3. The fourth-order valence-corrected chi connectivity index (χ4v) is 9.19. The van der Waals surface area contributed by atoms with Crippen molar-refractivity contribution in [1.82, 2.24) is 0 Å². The first-order chi connectivity index (χ1) is 31.5. The number of aryl methyl sites for hydroxylation is 1. The van der Waals surface area contributed by atoms with E-state index in [4.69, 9.17) is 6.11 Å². The highest BCUT2D eigenvalue weighted by Crippen LogP contribution is 2.50. The van der Waals surface area contributed by atoms with Crippen LogP contribution >= 0.6 is 0 Å². The van der Waals surface area contributed by atoms with E-state index in [1.807, 2.05) is 69.2 Å². The summed E-state index contributed by atoms with van der Waals surface area (Å²) in [6.07, 6.45) is 5.99. The molecule has 5 aromatic carbocycles. The second-order valence-electron chi connectivity index (χ2n) is 19.6. The fraction of sp³-hybridized carbons (Fsp3) is 0.423. The van der Waals surface area contributed by atoms with Crippen molar-refractivity contribution in [3.8, 4) is 22.6 Å². The van der Waals surface area contributed by atoms with Gasteiger partial charge in [-0.3, -0.25) is 0 Å². The Morgan fingerprint density at radius 2 is 1.18 bits per heavy atom. The molecule has 2 aliphatic carbocycles. The Kier molecular flexibility index (Phi) is 5.73. The maximum atomic E-state index is 10.2. The lowest BCUT2D eigenvalue weighted by Crippen LogP contribution is -2.60. The van der Waals surface area contributed by atoms with Crippen LogP contribution in [0.2, 0.25) is 0 Å². The molecular weight excluding hydrogens is 665 g/mol. The molecule has 3 heteroatoms. The van der Waals surface area contributed by atoms with Crippen molar-refractivity contribution in [2.24, 2.45) is 11.8 Å². The zero-order valence-electron chi connectivity index (χ0n) is 47.1. The quantitative estimate of drug-likeness (QED) is 0.167. The molecule has 0 N–H and O–H groups in total. The molecular formula is C52H60BNO. The zero-order chi connectivity index (χ0) is 49.9. The van der Waals surface area contributed by atoms with E-state index in [0.29, 0.717) is 34.0 Å². The van der Waals surface area contributed by atoms with Gasteiger partial charge in [-0.1, -0.05) is 142 Å². The van der Waals surface area contributed by atoms with E-state index >= 15 is 0 Å². The minimum atomic E-state index is -1.06. The maximum absolute atomic E-state index is 10.2. The molecule has 55 heavy (non-hydrogen) atoms. The average Bonchev–Trinajstić information content (AvgIpc) is 3.65. The van der Waals surface area contributed by atoms with E-state index < -0.39 is 29.0 Å². The van der Waals surface area contributed by atoms with Gasteiger partial charge in [0.15, 0.2) is 0 Å². The lowest BCUT2D eigenvalue weighted by Gasteiger charge is -2.42. The SMILES string of the molecule is [2H]c1c([2H])c(C(C)(C)C)c([2H])c2c1Oc1cc(C)cc3c1B2c1c([2H])c(C(C)(C)C)c([2H])c([2H])c1N3c1c([2H])c([2H])c(C(C)(C)C)c([2H])c1-c1c([2H])c([2H])c(C2CC3CCCCC3C2)c([2H])c1[2H]. The Morgan fingerprint density at radius 1 is 0.618 bits per heavy atom. The minimum absolute atomic E-state index is 0.0248. The Balaban J connectivity index is 1.45. The standard InChI is InChI=1S/C52H60BNO/c1-32-25-46-49-48(26-32)55-47-24-21-40(52(8,9)10)31-43(47)53(49)42-30-39(51(5,6)7)20-23-45(42)54(46)44-22-19-38(50(2,3)4)29-41(44)34-17-15-33(16-18-34)37-27-35-13-11-12-14-36(35)28-37/h15-26,29-31,35-37H,11-14,27-28H2,1-10H3/i15D,16D,17D,18D,19D,20D,21D,22D,23D,24D,29D,30D,31D. The Labute approximate surface area is 350 Å². The van der Waals surface area contributed by atoms with Crippen LogP contribution in [0.4, 0.5) is 17.1 Å². The van der Waals surface area contributed by atoms with Crippen LogP contribution in [-0.2, 0) is 16.2 Å². The van der Waals surface area contributed by atoms with Crippen molar-refractivity contribution >= 4 is 40.2 Å². The van der Waals surface area contributed by atoms with E-state index in [2.05, 4.69) is 0 Å². The van der Waals surface area contributed by atoms with Crippen LogP contribution in [0.5, 0.6) is 11.5 Å². The van der Waals surface area contributed by atoms with Gasteiger partial charge in [0.25, 0.3) is 6.71 Å². The molecule has 9 rings (SSSR count). The fourth-order valence-electron chi connectivity index (χ4n) is 9.19. The Bertz CT molecular complexity index is 2990. The molecule has 0 aromatic heterocycles. The summed E-state index contributed by atoms with van der Waals surface area (Å²) in [6, 6.07) is 0.200. The highest BCUT2D eigenvalue weighted by molar-refractivity contribution is 6.99. The summed E-state index contributed by atoms with van der Waals surface area (Å²) in [5.74, 6) is 0.958. The van der Waals surface area contributed by atoms with Gasteiger partial charge in [0.05, 0.1) is 23.5 Å². The summed E-state index contributed by atoms with van der Waals surface area (Å²) in [6.45, 7) is 17.3. The van der Waals surface area contributed by atoms with Crippen LogP contribution in [0.1, 0.15) is 152 Å². The first-order valence-electron chi connectivity index (χ1n) is 26.7. The maximum Gasteiger partial charge on any atom is 0.256 e. The zero-order valence-corrected chi connectivity index (χ0v) is 34.1. The van der Waals surface area contributed by atoms with Crippen molar-refractivity contribution in [1.29, 1.82) is 0 Å². The van der Waals surface area contributed by atoms with Crippen molar-refractivity contribution in [3.05, 3.63) is 119 Å². The summed E-state index contributed by atoms with van der Waals surface area (Å²) in [4.78, 5) is 1.51. The molecule has 5 aromatic rings. The van der Waals surface area contributed by atoms with Gasteiger partial charge in [-0.25, -0.2) is 0 Å². The van der Waals surface area contributed by atoms with Crippen LogP contribution in [0.3, 0.4) is 0 Å². The summed E-state index contributed by atoms with van der Waals surface area (Å²) >= 11 is 0. The van der Waals surface area contributed by atoms with Crippen molar-refractivity contribution in [2.75, 3.05) is 4.90 Å². The molecule has 0 bridgehead atoms. The molecule has 2 atom stereocenters. The Hall–Kier alpha value is -4.24. The largest absolute Gasteiger partial charge is 0.458 e. The molecule has 282 valence electrons. The van der Waals surface area contributed by atoms with Gasteiger partial charge in [-0.05, 0) is 140 Å². The number of ether oxygens (including phenoxy) is 1. The second-order valence-corrected chi connectivity index (χ2v) is 19.6.